The molecule has 1 aliphatic rings. The lowest BCUT2D eigenvalue weighted by molar-refractivity contribution is 0.102. The van der Waals surface area contributed by atoms with Crippen LogP contribution in [-0.2, 0) is 23.0 Å². The van der Waals surface area contributed by atoms with Crippen LogP contribution in [0.25, 0.3) is 0 Å². The van der Waals surface area contributed by atoms with Crippen LogP contribution in [0.1, 0.15) is 34.8 Å². The minimum absolute atomic E-state index is 0.149. The van der Waals surface area contributed by atoms with Crippen LogP contribution in [-0.4, -0.2) is 45.1 Å². The van der Waals surface area contributed by atoms with Crippen LogP contribution in [0.15, 0.2) is 36.4 Å². The molecule has 1 amide bonds. The Morgan fingerprint density at radius 1 is 1.10 bits per heavy atom. The molecule has 0 atom stereocenters. The lowest BCUT2D eigenvalue weighted by atomic mass is 10.0. The van der Waals surface area contributed by atoms with Crippen LogP contribution in [0.2, 0.25) is 0 Å². The Hall–Kier alpha value is -2.58. The van der Waals surface area contributed by atoms with Crippen LogP contribution < -0.4 is 14.8 Å². The fourth-order valence-electron chi connectivity index (χ4n) is 3.42. The van der Waals surface area contributed by atoms with Gasteiger partial charge in [-0.2, -0.15) is 4.31 Å². The average molecular weight is 419 g/mol. The monoisotopic (exact) mass is 418 g/mol. The number of benzene rings is 2. The molecule has 0 radical (unpaired) electrons. The van der Waals surface area contributed by atoms with Crippen LogP contribution in [0.4, 0.5) is 5.69 Å². The molecule has 1 heterocycles. The van der Waals surface area contributed by atoms with Crippen LogP contribution in [0, 0.1) is 0 Å². The highest BCUT2D eigenvalue weighted by Crippen LogP contribution is 2.27. The van der Waals surface area contributed by atoms with Gasteiger partial charge in [0.2, 0.25) is 10.0 Å². The van der Waals surface area contributed by atoms with E-state index in [9.17, 15) is 13.2 Å². The molecule has 2 aromatic carbocycles. The molecule has 1 N–H and O–H groups in total. The van der Waals surface area contributed by atoms with Gasteiger partial charge in [0.05, 0.1) is 25.5 Å². The number of carbonyl (C=O) groups is 1. The third kappa shape index (κ3) is 4.71. The number of methoxy groups -OCH3 is 2. The standard InChI is InChI=1S/C21H26N2O5S/c1-4-11-29(25,26)23-10-9-15-5-6-17(12-16(15)14-23)22-21(24)19-8-7-18(27-2)13-20(19)28-3/h5-8,12-13H,4,9-11,14H2,1-3H3,(H,22,24). The van der Waals surface area contributed by atoms with E-state index in [-0.39, 0.29) is 11.7 Å². The minimum atomic E-state index is -3.25. The van der Waals surface area contributed by atoms with E-state index in [2.05, 4.69) is 5.32 Å². The van der Waals surface area contributed by atoms with E-state index in [1.807, 2.05) is 25.1 Å². The molecule has 3 rings (SSSR count). The summed E-state index contributed by atoms with van der Waals surface area (Å²) < 4.78 is 36.8. The maximum absolute atomic E-state index is 12.7. The number of anilines is 1. The number of fused-ring (bicyclic) bond motifs is 1. The van der Waals surface area contributed by atoms with E-state index < -0.39 is 10.0 Å². The molecule has 0 fully saturated rings. The first-order valence-corrected chi connectivity index (χ1v) is 11.1. The molecular formula is C21H26N2O5S. The Bertz CT molecular complexity index is 1000. The van der Waals surface area contributed by atoms with Crippen molar-refractivity contribution < 1.29 is 22.7 Å². The quantitative estimate of drug-likeness (QED) is 0.747. The highest BCUT2D eigenvalue weighted by Gasteiger charge is 2.26. The Kier molecular flexibility index (Phi) is 6.44. The number of ether oxygens (including phenoxy) is 2. The summed E-state index contributed by atoms with van der Waals surface area (Å²) in [7, 11) is -0.210. The summed E-state index contributed by atoms with van der Waals surface area (Å²) in [5, 5.41) is 2.87. The van der Waals surface area contributed by atoms with Crippen molar-refractivity contribution in [2.45, 2.75) is 26.3 Å². The molecule has 1 aliphatic heterocycles. The van der Waals surface area contributed by atoms with E-state index in [4.69, 9.17) is 9.47 Å². The summed E-state index contributed by atoms with van der Waals surface area (Å²) in [5.41, 5.74) is 3.02. The zero-order chi connectivity index (χ0) is 21.0. The normalized spacial score (nSPS) is 14.2. The predicted octanol–water partition coefficient (Wildman–Crippen LogP) is 3.05. The van der Waals surface area contributed by atoms with Crippen molar-refractivity contribution in [1.29, 1.82) is 0 Å². The number of hydrogen-bond donors (Lipinski definition) is 1. The van der Waals surface area contributed by atoms with Crippen molar-refractivity contribution in [2.24, 2.45) is 0 Å². The van der Waals surface area contributed by atoms with Gasteiger partial charge in [-0.3, -0.25) is 4.79 Å². The van der Waals surface area contributed by atoms with Gasteiger partial charge in [-0.25, -0.2) is 8.42 Å². The number of carbonyl (C=O) groups excluding carboxylic acids is 1. The van der Waals surface area contributed by atoms with Crippen LogP contribution in [0.3, 0.4) is 0 Å². The summed E-state index contributed by atoms with van der Waals surface area (Å²) in [6.07, 6.45) is 1.25. The van der Waals surface area contributed by atoms with Gasteiger partial charge in [0, 0.05) is 24.8 Å². The summed E-state index contributed by atoms with van der Waals surface area (Å²) >= 11 is 0. The number of nitrogens with one attached hydrogen (secondary N) is 1. The molecule has 8 heteroatoms. The molecule has 0 saturated heterocycles. The van der Waals surface area contributed by atoms with Crippen molar-refractivity contribution in [3.8, 4) is 11.5 Å². The van der Waals surface area contributed by atoms with Crippen molar-refractivity contribution in [3.63, 3.8) is 0 Å². The largest absolute Gasteiger partial charge is 0.497 e. The molecule has 0 aromatic heterocycles. The zero-order valence-corrected chi connectivity index (χ0v) is 17.7. The molecule has 2 aromatic rings. The van der Waals surface area contributed by atoms with Gasteiger partial charge in [-0.05, 0) is 48.2 Å². The third-order valence-electron chi connectivity index (χ3n) is 4.95. The van der Waals surface area contributed by atoms with Gasteiger partial charge in [0.25, 0.3) is 5.91 Å². The Morgan fingerprint density at radius 3 is 2.59 bits per heavy atom. The second-order valence-corrected chi connectivity index (χ2v) is 8.99. The second kappa shape index (κ2) is 8.84. The topological polar surface area (TPSA) is 84.9 Å². The maximum atomic E-state index is 12.7. The van der Waals surface area contributed by atoms with Crippen molar-refractivity contribution in [3.05, 3.63) is 53.1 Å². The van der Waals surface area contributed by atoms with E-state index >= 15 is 0 Å². The van der Waals surface area contributed by atoms with Crippen molar-refractivity contribution in [2.75, 3.05) is 31.8 Å². The molecule has 0 unspecified atom stereocenters. The molecule has 0 aliphatic carbocycles. The number of hydrogen-bond acceptors (Lipinski definition) is 5. The fraction of sp³-hybridized carbons (Fsp3) is 0.381. The molecule has 156 valence electrons. The minimum Gasteiger partial charge on any atom is -0.497 e. The second-order valence-electron chi connectivity index (χ2n) is 6.90. The maximum Gasteiger partial charge on any atom is 0.259 e. The lowest BCUT2D eigenvalue weighted by Crippen LogP contribution is -2.37. The van der Waals surface area contributed by atoms with Crippen molar-refractivity contribution in [1.82, 2.24) is 4.31 Å². The van der Waals surface area contributed by atoms with Gasteiger partial charge in [-0.1, -0.05) is 13.0 Å². The Balaban J connectivity index is 1.80. The predicted molar refractivity (Wildman–Crippen MR) is 112 cm³/mol. The number of sulfonamides is 1. The first kappa shape index (κ1) is 21.1. The Morgan fingerprint density at radius 2 is 1.90 bits per heavy atom. The lowest BCUT2D eigenvalue weighted by Gasteiger charge is -2.28. The van der Waals surface area contributed by atoms with Gasteiger partial charge in [-0.15, -0.1) is 0 Å². The zero-order valence-electron chi connectivity index (χ0n) is 16.9. The SMILES string of the molecule is CCCS(=O)(=O)N1CCc2ccc(NC(=O)c3ccc(OC)cc3OC)cc2C1. The van der Waals surface area contributed by atoms with Crippen LogP contribution >= 0.6 is 0 Å². The summed E-state index contributed by atoms with van der Waals surface area (Å²) in [6.45, 7) is 2.67. The van der Waals surface area contributed by atoms with E-state index in [1.54, 1.807) is 25.3 Å². The van der Waals surface area contributed by atoms with Gasteiger partial charge >= 0.3 is 0 Å². The first-order chi connectivity index (χ1) is 13.9. The molecular weight excluding hydrogens is 392 g/mol. The molecule has 0 spiro atoms. The van der Waals surface area contributed by atoms with Crippen LogP contribution in [0.5, 0.6) is 11.5 Å². The number of rotatable bonds is 7. The smallest absolute Gasteiger partial charge is 0.259 e. The van der Waals surface area contributed by atoms with E-state index in [1.165, 1.54) is 11.4 Å². The van der Waals surface area contributed by atoms with Gasteiger partial charge < -0.3 is 14.8 Å². The van der Waals surface area contributed by atoms with Gasteiger partial charge in [0.15, 0.2) is 0 Å². The van der Waals surface area contributed by atoms with E-state index in [0.29, 0.717) is 48.7 Å². The molecule has 0 saturated carbocycles. The Labute approximate surface area is 171 Å². The van der Waals surface area contributed by atoms with E-state index in [0.717, 1.165) is 11.1 Å². The molecule has 0 bridgehead atoms. The first-order valence-electron chi connectivity index (χ1n) is 9.51. The highest BCUT2D eigenvalue weighted by molar-refractivity contribution is 7.89. The fourth-order valence-corrected chi connectivity index (χ4v) is 4.90. The summed E-state index contributed by atoms with van der Waals surface area (Å²) in [4.78, 5) is 12.7. The average Bonchev–Trinajstić information content (AvgIpc) is 2.72. The third-order valence-corrected chi connectivity index (χ3v) is 6.97. The summed E-state index contributed by atoms with van der Waals surface area (Å²) in [5.74, 6) is 0.851. The summed E-state index contributed by atoms with van der Waals surface area (Å²) in [6, 6.07) is 10.6. The van der Waals surface area contributed by atoms with Gasteiger partial charge in [0.1, 0.15) is 11.5 Å². The highest BCUT2D eigenvalue weighted by atomic mass is 32.2. The van der Waals surface area contributed by atoms with Crippen molar-refractivity contribution >= 4 is 21.6 Å². The molecule has 29 heavy (non-hydrogen) atoms. The molecule has 7 nitrogen and oxygen atoms in total. The number of nitrogens with zero attached hydrogens (tertiary/aromatic N) is 1. The number of amides is 1.